The van der Waals surface area contributed by atoms with E-state index in [1.807, 2.05) is 0 Å². The van der Waals surface area contributed by atoms with Gasteiger partial charge >= 0.3 is 0 Å². The molecular weight excluding hydrogens is 432 g/mol. The van der Waals surface area contributed by atoms with E-state index in [-0.39, 0.29) is 17.3 Å². The molecule has 2 N–H and O–H groups in total. The first kappa shape index (κ1) is 21.7. The lowest BCUT2D eigenvalue weighted by Gasteiger charge is -2.09. The molecule has 2 heterocycles. The summed E-state index contributed by atoms with van der Waals surface area (Å²) in [5, 5.41) is 2.77. The summed E-state index contributed by atoms with van der Waals surface area (Å²) in [6.07, 6.45) is 5.27. The average molecular weight is 455 g/mol. The van der Waals surface area contributed by atoms with Crippen molar-refractivity contribution in [2.24, 2.45) is 0 Å². The Balaban J connectivity index is 1.35. The minimum Gasteiger partial charge on any atom is -0.490 e. The Morgan fingerprint density at radius 3 is 2.53 bits per heavy atom. The van der Waals surface area contributed by atoms with Crippen molar-refractivity contribution in [3.8, 4) is 11.5 Å². The Kier molecular flexibility index (Phi) is 6.58. The van der Waals surface area contributed by atoms with Gasteiger partial charge in [-0.3, -0.25) is 4.79 Å². The molecule has 1 aliphatic heterocycles. The number of furan rings is 1. The van der Waals surface area contributed by atoms with E-state index in [9.17, 15) is 13.2 Å². The van der Waals surface area contributed by atoms with Crippen LogP contribution in [0.15, 0.2) is 76.2 Å². The number of carbonyl (C=O) groups is 1. The molecule has 0 bridgehead atoms. The number of carbonyl (C=O) groups excluding carboxylic acids is 1. The normalized spacial score (nSPS) is 13.6. The van der Waals surface area contributed by atoms with Gasteiger partial charge in [0.25, 0.3) is 0 Å². The van der Waals surface area contributed by atoms with Gasteiger partial charge in [0.15, 0.2) is 11.5 Å². The smallest absolute Gasteiger partial charge is 0.248 e. The highest BCUT2D eigenvalue weighted by atomic mass is 32.2. The molecule has 0 radical (unpaired) electrons. The summed E-state index contributed by atoms with van der Waals surface area (Å²) in [5.74, 6) is 1.45. The number of nitrogens with one attached hydrogen (secondary N) is 2. The second-order valence-corrected chi connectivity index (χ2v) is 8.77. The highest BCUT2D eigenvalue weighted by Gasteiger charge is 2.14. The molecule has 32 heavy (non-hydrogen) atoms. The second-order valence-electron chi connectivity index (χ2n) is 7.01. The van der Waals surface area contributed by atoms with Crippen molar-refractivity contribution >= 4 is 27.7 Å². The van der Waals surface area contributed by atoms with Crippen LogP contribution in [0.1, 0.15) is 17.7 Å². The number of amides is 1. The van der Waals surface area contributed by atoms with Gasteiger partial charge in [-0.05, 0) is 48.0 Å². The fraction of sp³-hybridized carbons (Fsp3) is 0.174. The van der Waals surface area contributed by atoms with Crippen LogP contribution in [0.4, 0.5) is 5.69 Å². The highest BCUT2D eigenvalue weighted by molar-refractivity contribution is 7.89. The minimum absolute atomic E-state index is 0.0665. The minimum atomic E-state index is -3.67. The van der Waals surface area contributed by atoms with Crippen LogP contribution in [0.25, 0.3) is 6.08 Å². The molecule has 0 aliphatic carbocycles. The number of hydrogen-bond acceptors (Lipinski definition) is 6. The largest absolute Gasteiger partial charge is 0.490 e. The Bertz CT molecular complexity index is 1200. The maximum atomic E-state index is 12.4. The van der Waals surface area contributed by atoms with Crippen molar-refractivity contribution in [2.75, 3.05) is 18.5 Å². The van der Waals surface area contributed by atoms with E-state index in [1.165, 1.54) is 24.5 Å². The quantitative estimate of drug-likeness (QED) is 0.529. The third-order valence-electron chi connectivity index (χ3n) is 4.65. The topological polar surface area (TPSA) is 107 Å². The Morgan fingerprint density at radius 2 is 1.78 bits per heavy atom. The maximum Gasteiger partial charge on any atom is 0.248 e. The molecule has 4 rings (SSSR count). The lowest BCUT2D eigenvalue weighted by Crippen LogP contribution is -2.22. The van der Waals surface area contributed by atoms with E-state index in [4.69, 9.17) is 13.9 Å². The fourth-order valence-corrected chi connectivity index (χ4v) is 4.01. The standard InChI is InChI=1S/C23H22N2O6S/c26-23(25-18-7-10-21-22(15-18)31-14-2-13-30-21)11-6-17-4-8-20(9-5-17)32(27,28)24-16-19-3-1-12-29-19/h1,3-12,15,24H,2,13-14,16H2,(H,25,26)/b11-6+. The van der Waals surface area contributed by atoms with Crippen LogP contribution in [-0.4, -0.2) is 27.5 Å². The van der Waals surface area contributed by atoms with Crippen molar-refractivity contribution in [1.29, 1.82) is 0 Å². The zero-order valence-corrected chi connectivity index (χ0v) is 17.9. The van der Waals surface area contributed by atoms with Gasteiger partial charge in [-0.1, -0.05) is 12.1 Å². The van der Waals surface area contributed by atoms with Crippen LogP contribution >= 0.6 is 0 Å². The van der Waals surface area contributed by atoms with Crippen LogP contribution in [0.3, 0.4) is 0 Å². The van der Waals surface area contributed by atoms with Gasteiger partial charge in [0.2, 0.25) is 15.9 Å². The predicted octanol–water partition coefficient (Wildman–Crippen LogP) is 3.57. The molecule has 0 spiro atoms. The third-order valence-corrected chi connectivity index (χ3v) is 6.07. The summed E-state index contributed by atoms with van der Waals surface area (Å²) in [6.45, 7) is 1.23. The number of hydrogen-bond donors (Lipinski definition) is 2. The molecule has 2 aromatic carbocycles. The van der Waals surface area contributed by atoms with Crippen LogP contribution in [-0.2, 0) is 21.4 Å². The molecule has 0 fully saturated rings. The Hall–Kier alpha value is -3.56. The van der Waals surface area contributed by atoms with Crippen molar-refractivity contribution in [2.45, 2.75) is 17.9 Å². The fourth-order valence-electron chi connectivity index (χ4n) is 3.02. The summed E-state index contributed by atoms with van der Waals surface area (Å²) >= 11 is 0. The molecule has 166 valence electrons. The molecule has 1 aromatic heterocycles. The van der Waals surface area contributed by atoms with E-state index >= 15 is 0 Å². The zero-order chi connectivity index (χ0) is 22.4. The van der Waals surface area contributed by atoms with Crippen molar-refractivity contribution in [3.05, 3.63) is 78.3 Å². The predicted molar refractivity (Wildman–Crippen MR) is 119 cm³/mol. The van der Waals surface area contributed by atoms with Gasteiger partial charge in [0.1, 0.15) is 5.76 Å². The summed E-state index contributed by atoms with van der Waals surface area (Å²) in [6, 6.07) is 14.8. The Morgan fingerprint density at radius 1 is 1.00 bits per heavy atom. The van der Waals surface area contributed by atoms with E-state index in [0.717, 1.165) is 6.42 Å². The molecule has 0 unspecified atom stereocenters. The van der Waals surface area contributed by atoms with Crippen molar-refractivity contribution in [1.82, 2.24) is 4.72 Å². The van der Waals surface area contributed by atoms with Gasteiger partial charge in [0, 0.05) is 24.3 Å². The zero-order valence-electron chi connectivity index (χ0n) is 17.1. The molecule has 1 amide bonds. The molecular formula is C23H22N2O6S. The van der Waals surface area contributed by atoms with Gasteiger partial charge in [-0.15, -0.1) is 0 Å². The third kappa shape index (κ3) is 5.57. The van der Waals surface area contributed by atoms with Gasteiger partial charge in [-0.25, -0.2) is 13.1 Å². The summed E-state index contributed by atoms with van der Waals surface area (Å²) < 4.78 is 43.6. The molecule has 8 nitrogen and oxygen atoms in total. The van der Waals surface area contributed by atoms with Crippen LogP contribution in [0.5, 0.6) is 11.5 Å². The van der Waals surface area contributed by atoms with Gasteiger partial charge < -0.3 is 19.2 Å². The first-order chi connectivity index (χ1) is 15.5. The van der Waals surface area contributed by atoms with Gasteiger partial charge in [-0.2, -0.15) is 0 Å². The van der Waals surface area contributed by atoms with Crippen molar-refractivity contribution in [3.63, 3.8) is 0 Å². The monoisotopic (exact) mass is 454 g/mol. The number of sulfonamides is 1. The van der Waals surface area contributed by atoms with E-state index in [2.05, 4.69) is 10.0 Å². The second kappa shape index (κ2) is 9.71. The molecule has 3 aromatic rings. The summed E-state index contributed by atoms with van der Waals surface area (Å²) in [5.41, 5.74) is 1.27. The number of anilines is 1. The van der Waals surface area contributed by atoms with Crippen LogP contribution < -0.4 is 19.5 Å². The first-order valence-electron chi connectivity index (χ1n) is 10.0. The molecule has 0 atom stereocenters. The van der Waals surface area contributed by atoms with Crippen LogP contribution in [0, 0.1) is 0 Å². The van der Waals surface area contributed by atoms with Gasteiger partial charge in [0.05, 0.1) is 30.9 Å². The lowest BCUT2D eigenvalue weighted by atomic mass is 10.2. The highest BCUT2D eigenvalue weighted by Crippen LogP contribution is 2.32. The Labute approximate surface area is 185 Å². The summed E-state index contributed by atoms with van der Waals surface area (Å²) in [7, 11) is -3.67. The van der Waals surface area contributed by atoms with E-state index < -0.39 is 10.0 Å². The lowest BCUT2D eigenvalue weighted by molar-refractivity contribution is -0.111. The van der Waals surface area contributed by atoms with Crippen LogP contribution in [0.2, 0.25) is 0 Å². The molecule has 1 aliphatic rings. The first-order valence-corrected chi connectivity index (χ1v) is 11.5. The van der Waals surface area contributed by atoms with E-state index in [0.29, 0.717) is 41.7 Å². The number of rotatable bonds is 7. The molecule has 0 saturated heterocycles. The molecule has 9 heteroatoms. The SMILES string of the molecule is O=C(/C=C/c1ccc(S(=O)(=O)NCc2ccco2)cc1)Nc1ccc2c(c1)OCCCO2. The molecule has 0 saturated carbocycles. The van der Waals surface area contributed by atoms with Crippen molar-refractivity contribution < 1.29 is 27.1 Å². The number of fused-ring (bicyclic) bond motifs is 1. The van der Waals surface area contributed by atoms with E-state index in [1.54, 1.807) is 48.5 Å². The summed E-state index contributed by atoms with van der Waals surface area (Å²) in [4.78, 5) is 12.4. The maximum absolute atomic E-state index is 12.4. The number of benzene rings is 2. The average Bonchev–Trinajstić information content (AvgIpc) is 3.21. The number of ether oxygens (including phenoxy) is 2.